The molecule has 0 bridgehead atoms. The van der Waals surface area contributed by atoms with Gasteiger partial charge < -0.3 is 19.9 Å². The fourth-order valence-electron chi connectivity index (χ4n) is 4.32. The molecule has 0 fully saturated rings. The molecule has 0 amide bonds. The zero-order valence-electron chi connectivity index (χ0n) is 19.2. The Morgan fingerprint density at radius 2 is 1.80 bits per heavy atom. The predicted molar refractivity (Wildman–Crippen MR) is 133 cm³/mol. The van der Waals surface area contributed by atoms with Gasteiger partial charge in [0, 0.05) is 28.5 Å². The molecular formula is C28H25FN2O4. The van der Waals surface area contributed by atoms with Crippen molar-refractivity contribution in [3.8, 4) is 5.75 Å². The molecule has 5 aromatic rings. The summed E-state index contributed by atoms with van der Waals surface area (Å²) in [5.74, 6) is -0.532. The van der Waals surface area contributed by atoms with E-state index in [1.54, 1.807) is 12.1 Å². The first kappa shape index (κ1) is 23.9. The quantitative estimate of drug-likeness (QED) is 0.358. The molecular weight excluding hydrogens is 447 g/mol. The van der Waals surface area contributed by atoms with E-state index in [9.17, 15) is 14.3 Å². The lowest BCUT2D eigenvalue weighted by Gasteiger charge is -2.10. The fraction of sp³-hybridized carbons (Fsp3) is 0.143. The minimum Gasteiger partial charge on any atom is -0.487 e. The van der Waals surface area contributed by atoms with Crippen molar-refractivity contribution in [1.82, 2.24) is 9.55 Å². The molecule has 0 unspecified atom stereocenters. The Morgan fingerprint density at radius 1 is 1.03 bits per heavy atom. The van der Waals surface area contributed by atoms with E-state index in [0.717, 1.165) is 44.3 Å². The number of carbonyl (C=O) groups is 1. The van der Waals surface area contributed by atoms with E-state index >= 15 is 0 Å². The first-order chi connectivity index (χ1) is 16.5. The van der Waals surface area contributed by atoms with Gasteiger partial charge in [0.1, 0.15) is 18.2 Å². The van der Waals surface area contributed by atoms with E-state index < -0.39 is 5.97 Å². The third-order valence-corrected chi connectivity index (χ3v) is 6.05. The number of halogens is 1. The third-order valence-electron chi connectivity index (χ3n) is 6.05. The molecule has 0 radical (unpaired) electrons. The van der Waals surface area contributed by atoms with E-state index in [-0.39, 0.29) is 17.7 Å². The number of hydrogen-bond donors (Lipinski definition) is 1. The van der Waals surface area contributed by atoms with E-state index in [0.29, 0.717) is 18.9 Å². The first-order valence-electron chi connectivity index (χ1n) is 11.0. The van der Waals surface area contributed by atoms with Gasteiger partial charge in [-0.25, -0.2) is 9.37 Å². The van der Waals surface area contributed by atoms with Crippen LogP contribution in [0.1, 0.15) is 22.5 Å². The van der Waals surface area contributed by atoms with Gasteiger partial charge in [-0.1, -0.05) is 36.4 Å². The molecule has 0 saturated carbocycles. The Balaban J connectivity index is 0.00000289. The molecule has 2 aromatic heterocycles. The van der Waals surface area contributed by atoms with Gasteiger partial charge in [0.15, 0.2) is 0 Å². The molecule has 5 rings (SSSR count). The molecule has 0 spiro atoms. The largest absolute Gasteiger partial charge is 0.487 e. The van der Waals surface area contributed by atoms with Crippen molar-refractivity contribution in [3.05, 3.63) is 107 Å². The van der Waals surface area contributed by atoms with Crippen LogP contribution in [0.15, 0.2) is 78.9 Å². The molecule has 35 heavy (non-hydrogen) atoms. The molecule has 0 aliphatic heterocycles. The Morgan fingerprint density at radius 3 is 2.57 bits per heavy atom. The summed E-state index contributed by atoms with van der Waals surface area (Å²) in [4.78, 5) is 16.2. The number of benzene rings is 3. The number of carboxylic acids is 1. The summed E-state index contributed by atoms with van der Waals surface area (Å²) in [6.45, 7) is 2.74. The van der Waals surface area contributed by atoms with Crippen LogP contribution in [-0.2, 0) is 24.4 Å². The van der Waals surface area contributed by atoms with Crippen molar-refractivity contribution >= 4 is 27.8 Å². The second-order valence-corrected chi connectivity index (χ2v) is 8.31. The zero-order chi connectivity index (χ0) is 23.7. The number of carboxylic acid groups (broad SMARTS) is 1. The molecule has 6 nitrogen and oxygen atoms in total. The minimum atomic E-state index is -0.893. The predicted octanol–water partition coefficient (Wildman–Crippen LogP) is 5.07. The smallest absolute Gasteiger partial charge is 0.307 e. The summed E-state index contributed by atoms with van der Waals surface area (Å²) in [6, 6.07) is 24.0. The van der Waals surface area contributed by atoms with Crippen LogP contribution in [0, 0.1) is 12.7 Å². The third kappa shape index (κ3) is 5.00. The number of nitrogens with zero attached hydrogens (tertiary/aromatic N) is 2. The van der Waals surface area contributed by atoms with Gasteiger partial charge in [-0.05, 0) is 60.5 Å². The van der Waals surface area contributed by atoms with Crippen molar-refractivity contribution in [1.29, 1.82) is 0 Å². The van der Waals surface area contributed by atoms with E-state index in [2.05, 4.69) is 9.55 Å². The maximum Gasteiger partial charge on any atom is 0.307 e. The van der Waals surface area contributed by atoms with Gasteiger partial charge in [-0.2, -0.15) is 0 Å². The SMILES string of the molecule is Cc1c(CC(=O)O)c2cc(OCc3ccc4ccccc4n3)ccc2n1Cc1ccc(F)cc1.O. The van der Waals surface area contributed by atoms with Crippen LogP contribution in [-0.4, -0.2) is 26.1 Å². The zero-order valence-corrected chi connectivity index (χ0v) is 19.2. The van der Waals surface area contributed by atoms with Gasteiger partial charge in [-0.15, -0.1) is 0 Å². The highest BCUT2D eigenvalue weighted by molar-refractivity contribution is 5.90. The van der Waals surface area contributed by atoms with Crippen LogP contribution in [0.4, 0.5) is 4.39 Å². The average Bonchev–Trinajstić information content (AvgIpc) is 3.09. The Labute approximate surface area is 201 Å². The van der Waals surface area contributed by atoms with Crippen LogP contribution in [0.3, 0.4) is 0 Å². The van der Waals surface area contributed by atoms with Crippen molar-refractivity contribution in [2.24, 2.45) is 0 Å². The maximum absolute atomic E-state index is 13.3. The number of ether oxygens (including phenoxy) is 1. The van der Waals surface area contributed by atoms with Crippen molar-refractivity contribution in [2.75, 3.05) is 0 Å². The molecule has 2 heterocycles. The standard InChI is InChI=1S/C28H23FN2O3.H2O/c1-18-24(15-28(32)33)25-14-23(34-17-22-11-8-20-4-2-3-5-26(20)30-22)12-13-27(25)31(18)16-19-6-9-21(29)10-7-19;/h2-14H,15-17H2,1H3,(H,32,33);1H2. The summed E-state index contributed by atoms with van der Waals surface area (Å²) in [7, 11) is 0. The summed E-state index contributed by atoms with van der Waals surface area (Å²) in [5, 5.41) is 11.4. The van der Waals surface area contributed by atoms with E-state index in [4.69, 9.17) is 4.74 Å². The van der Waals surface area contributed by atoms with Crippen molar-refractivity contribution in [3.63, 3.8) is 0 Å². The first-order valence-corrected chi connectivity index (χ1v) is 11.0. The summed E-state index contributed by atoms with van der Waals surface area (Å²) in [6.07, 6.45) is -0.0889. The molecule has 3 N–H and O–H groups in total. The van der Waals surface area contributed by atoms with Gasteiger partial charge >= 0.3 is 5.97 Å². The molecule has 7 heteroatoms. The normalized spacial score (nSPS) is 10.9. The average molecular weight is 473 g/mol. The summed E-state index contributed by atoms with van der Waals surface area (Å²) in [5.41, 5.74) is 5.19. The van der Waals surface area contributed by atoms with E-state index in [1.165, 1.54) is 12.1 Å². The minimum absolute atomic E-state index is 0. The number of fused-ring (bicyclic) bond motifs is 2. The Bertz CT molecular complexity index is 1510. The van der Waals surface area contributed by atoms with Gasteiger partial charge in [-0.3, -0.25) is 4.79 Å². The lowest BCUT2D eigenvalue weighted by molar-refractivity contribution is -0.136. The summed E-state index contributed by atoms with van der Waals surface area (Å²) >= 11 is 0. The second kappa shape index (κ2) is 9.95. The van der Waals surface area contributed by atoms with Crippen LogP contribution in [0.25, 0.3) is 21.8 Å². The Kier molecular flexibility index (Phi) is 6.80. The number of aromatic nitrogens is 2. The highest BCUT2D eigenvalue weighted by Gasteiger charge is 2.17. The van der Waals surface area contributed by atoms with Crippen molar-refractivity contribution < 1.29 is 24.5 Å². The number of para-hydroxylation sites is 1. The molecule has 0 saturated heterocycles. The van der Waals surface area contributed by atoms with Crippen LogP contribution < -0.4 is 4.74 Å². The molecule has 0 aliphatic carbocycles. The van der Waals surface area contributed by atoms with Crippen LogP contribution in [0.5, 0.6) is 5.75 Å². The maximum atomic E-state index is 13.3. The summed E-state index contributed by atoms with van der Waals surface area (Å²) < 4.78 is 21.4. The lowest BCUT2D eigenvalue weighted by Crippen LogP contribution is -2.05. The highest BCUT2D eigenvalue weighted by atomic mass is 19.1. The van der Waals surface area contributed by atoms with Gasteiger partial charge in [0.2, 0.25) is 0 Å². The number of rotatable bonds is 7. The number of aliphatic carboxylic acids is 1. The number of hydrogen-bond acceptors (Lipinski definition) is 3. The number of pyridine rings is 1. The van der Waals surface area contributed by atoms with Crippen molar-refractivity contribution in [2.45, 2.75) is 26.5 Å². The molecule has 0 atom stereocenters. The van der Waals surface area contributed by atoms with E-state index in [1.807, 2.05) is 61.5 Å². The topological polar surface area (TPSA) is 95.8 Å². The van der Waals surface area contributed by atoms with Crippen LogP contribution >= 0.6 is 0 Å². The van der Waals surface area contributed by atoms with Gasteiger partial charge in [0.05, 0.1) is 17.6 Å². The lowest BCUT2D eigenvalue weighted by atomic mass is 10.1. The molecule has 178 valence electrons. The monoisotopic (exact) mass is 472 g/mol. The van der Waals surface area contributed by atoms with Crippen LogP contribution in [0.2, 0.25) is 0 Å². The highest BCUT2D eigenvalue weighted by Crippen LogP contribution is 2.31. The molecule has 0 aliphatic rings. The fourth-order valence-corrected chi connectivity index (χ4v) is 4.32. The second-order valence-electron chi connectivity index (χ2n) is 8.31. The Hall–Kier alpha value is -4.23. The van der Waals surface area contributed by atoms with Gasteiger partial charge in [0.25, 0.3) is 0 Å². The molecule has 3 aromatic carbocycles.